The monoisotopic (exact) mass is 441 g/mol. The van der Waals surface area contributed by atoms with Gasteiger partial charge in [-0.1, -0.05) is 36.4 Å². The van der Waals surface area contributed by atoms with E-state index in [-0.39, 0.29) is 5.91 Å². The molecule has 166 valence electrons. The Hall–Kier alpha value is -4.46. The van der Waals surface area contributed by atoms with Gasteiger partial charge in [0.2, 0.25) is 5.95 Å². The maximum atomic E-state index is 13.0. The summed E-state index contributed by atoms with van der Waals surface area (Å²) in [5.41, 5.74) is 2.56. The van der Waals surface area contributed by atoms with Crippen LogP contribution in [0.4, 0.5) is 5.95 Å². The maximum Gasteiger partial charge on any atom is 0.274 e. The lowest BCUT2D eigenvalue weighted by atomic mass is 10.2. The first kappa shape index (κ1) is 21.8. The molecular formula is C25H23N5O3. The number of anilines is 1. The van der Waals surface area contributed by atoms with Crippen molar-refractivity contribution >= 4 is 17.9 Å². The topological polar surface area (TPSA) is 91.2 Å². The van der Waals surface area contributed by atoms with E-state index >= 15 is 0 Å². The van der Waals surface area contributed by atoms with Crippen LogP contribution >= 0.6 is 0 Å². The molecule has 4 aromatic rings. The molecule has 0 fully saturated rings. The van der Waals surface area contributed by atoms with Crippen LogP contribution in [0.25, 0.3) is 17.5 Å². The van der Waals surface area contributed by atoms with Crippen LogP contribution in [-0.2, 0) is 6.54 Å². The first-order chi connectivity index (χ1) is 16.2. The number of nitrogens with one attached hydrogen (secondary N) is 1. The summed E-state index contributed by atoms with van der Waals surface area (Å²) in [4.78, 5) is 21.6. The Morgan fingerprint density at radius 2 is 1.85 bits per heavy atom. The van der Waals surface area contributed by atoms with Gasteiger partial charge in [-0.15, -0.1) is 5.10 Å². The fraction of sp³-hybridized carbons (Fsp3) is 0.120. The van der Waals surface area contributed by atoms with E-state index in [4.69, 9.17) is 9.47 Å². The Kier molecular flexibility index (Phi) is 6.75. The lowest BCUT2D eigenvalue weighted by Crippen LogP contribution is -2.14. The average molecular weight is 441 g/mol. The average Bonchev–Trinajstić information content (AvgIpc) is 3.31. The van der Waals surface area contributed by atoms with Crippen molar-refractivity contribution in [2.45, 2.75) is 6.54 Å². The highest BCUT2D eigenvalue weighted by molar-refractivity contribution is 5.94. The highest BCUT2D eigenvalue weighted by Crippen LogP contribution is 2.28. The second-order valence-corrected chi connectivity index (χ2v) is 7.04. The minimum atomic E-state index is -0.323. The summed E-state index contributed by atoms with van der Waals surface area (Å²) in [5, 5.41) is 7.63. The molecule has 8 nitrogen and oxygen atoms in total. The van der Waals surface area contributed by atoms with E-state index in [1.54, 1.807) is 38.8 Å². The molecule has 0 aliphatic carbocycles. The van der Waals surface area contributed by atoms with Crippen molar-refractivity contribution in [1.82, 2.24) is 19.7 Å². The fourth-order valence-corrected chi connectivity index (χ4v) is 3.17. The van der Waals surface area contributed by atoms with Gasteiger partial charge in [0.05, 0.1) is 14.2 Å². The number of nitrogens with zero attached hydrogens (tertiary/aromatic N) is 4. The Labute approximate surface area is 191 Å². The number of pyridine rings is 1. The smallest absolute Gasteiger partial charge is 0.274 e. The molecule has 8 heteroatoms. The molecule has 2 heterocycles. The molecule has 4 rings (SSSR count). The molecule has 1 N–H and O–H groups in total. The quantitative estimate of drug-likeness (QED) is 0.407. The molecule has 0 radical (unpaired) electrons. The van der Waals surface area contributed by atoms with Crippen molar-refractivity contribution in [3.8, 4) is 22.9 Å². The van der Waals surface area contributed by atoms with Crippen LogP contribution in [0.3, 0.4) is 0 Å². The third kappa shape index (κ3) is 5.24. The number of rotatable bonds is 8. The Morgan fingerprint density at radius 1 is 1.03 bits per heavy atom. The van der Waals surface area contributed by atoms with E-state index in [2.05, 4.69) is 20.4 Å². The number of ether oxygens (including phenoxy) is 2. The Bertz CT molecular complexity index is 1250. The number of benzene rings is 2. The van der Waals surface area contributed by atoms with Gasteiger partial charge < -0.3 is 14.8 Å². The standard InChI is InChI=1S/C25H23N5O3/c1-32-21-12-10-19(15-22(21)33-2)16-27-25-28-24(20-9-6-14-26-17-20)29-30(25)23(31)13-11-18-7-4-3-5-8-18/h3-15,17H,16H2,1-2H3,(H,27,28,29). The Balaban J connectivity index is 1.61. The summed E-state index contributed by atoms with van der Waals surface area (Å²) in [6.07, 6.45) is 6.54. The predicted molar refractivity (Wildman–Crippen MR) is 126 cm³/mol. The van der Waals surface area contributed by atoms with Crippen molar-refractivity contribution in [2.24, 2.45) is 0 Å². The molecule has 0 bridgehead atoms. The van der Waals surface area contributed by atoms with E-state index in [1.807, 2.05) is 54.6 Å². The van der Waals surface area contributed by atoms with E-state index in [9.17, 15) is 4.79 Å². The molecule has 0 saturated carbocycles. The third-order valence-electron chi connectivity index (χ3n) is 4.85. The van der Waals surface area contributed by atoms with Crippen molar-refractivity contribution in [3.63, 3.8) is 0 Å². The minimum absolute atomic E-state index is 0.323. The van der Waals surface area contributed by atoms with Crippen LogP contribution in [0.5, 0.6) is 11.5 Å². The zero-order valence-electron chi connectivity index (χ0n) is 18.3. The molecule has 33 heavy (non-hydrogen) atoms. The van der Waals surface area contributed by atoms with Crippen molar-refractivity contribution in [3.05, 3.63) is 90.3 Å². The van der Waals surface area contributed by atoms with Gasteiger partial charge in [-0.25, -0.2) is 0 Å². The lowest BCUT2D eigenvalue weighted by molar-refractivity contribution is 0.0957. The van der Waals surface area contributed by atoms with Crippen LogP contribution in [0, 0.1) is 0 Å². The second kappa shape index (κ2) is 10.2. The van der Waals surface area contributed by atoms with Crippen molar-refractivity contribution < 1.29 is 14.3 Å². The van der Waals surface area contributed by atoms with E-state index in [1.165, 1.54) is 10.8 Å². The van der Waals surface area contributed by atoms with Gasteiger partial charge in [0.15, 0.2) is 17.3 Å². The fourth-order valence-electron chi connectivity index (χ4n) is 3.17. The van der Waals surface area contributed by atoms with Gasteiger partial charge in [-0.2, -0.15) is 9.67 Å². The zero-order valence-corrected chi connectivity index (χ0v) is 18.3. The lowest BCUT2D eigenvalue weighted by Gasteiger charge is -2.10. The number of allylic oxidation sites excluding steroid dienone is 1. The summed E-state index contributed by atoms with van der Waals surface area (Å²) in [5.74, 6) is 1.67. The Morgan fingerprint density at radius 3 is 2.58 bits per heavy atom. The summed E-state index contributed by atoms with van der Waals surface area (Å²) in [6, 6.07) is 18.8. The normalized spacial score (nSPS) is 10.8. The van der Waals surface area contributed by atoms with Crippen LogP contribution in [0.1, 0.15) is 15.9 Å². The molecule has 0 spiro atoms. The number of methoxy groups -OCH3 is 2. The van der Waals surface area contributed by atoms with Gasteiger partial charge in [-0.3, -0.25) is 9.78 Å². The maximum absolute atomic E-state index is 13.0. The summed E-state index contributed by atoms with van der Waals surface area (Å²) >= 11 is 0. The van der Waals surface area contributed by atoms with Crippen molar-refractivity contribution in [2.75, 3.05) is 19.5 Å². The first-order valence-corrected chi connectivity index (χ1v) is 10.3. The predicted octanol–water partition coefficient (Wildman–Crippen LogP) is 4.32. The minimum Gasteiger partial charge on any atom is -0.493 e. The number of hydrogen-bond acceptors (Lipinski definition) is 7. The molecule has 0 unspecified atom stereocenters. The van der Waals surface area contributed by atoms with E-state index in [0.717, 1.165) is 11.1 Å². The molecule has 2 aromatic carbocycles. The molecule has 2 aromatic heterocycles. The van der Waals surface area contributed by atoms with Crippen LogP contribution < -0.4 is 14.8 Å². The molecular weight excluding hydrogens is 418 g/mol. The summed E-state index contributed by atoms with van der Waals surface area (Å²) in [6.45, 7) is 0.404. The summed E-state index contributed by atoms with van der Waals surface area (Å²) in [7, 11) is 3.18. The summed E-state index contributed by atoms with van der Waals surface area (Å²) < 4.78 is 11.9. The molecule has 0 saturated heterocycles. The van der Waals surface area contributed by atoms with Crippen LogP contribution in [0.2, 0.25) is 0 Å². The number of aromatic nitrogens is 4. The van der Waals surface area contributed by atoms with Gasteiger partial charge in [-0.05, 0) is 41.5 Å². The van der Waals surface area contributed by atoms with Crippen LogP contribution in [0.15, 0.2) is 79.1 Å². The SMILES string of the molecule is COc1ccc(CNc2nc(-c3cccnc3)nn2C(=O)C=Cc2ccccc2)cc1OC. The molecule has 0 amide bonds. The molecule has 0 aliphatic heterocycles. The number of carbonyl (C=O) groups excluding carboxylic acids is 1. The highest BCUT2D eigenvalue weighted by atomic mass is 16.5. The molecule has 0 atom stereocenters. The largest absolute Gasteiger partial charge is 0.493 e. The van der Waals surface area contributed by atoms with Crippen LogP contribution in [-0.4, -0.2) is 39.9 Å². The van der Waals surface area contributed by atoms with Gasteiger partial charge in [0.1, 0.15) is 0 Å². The van der Waals surface area contributed by atoms with Gasteiger partial charge in [0, 0.05) is 30.6 Å². The second-order valence-electron chi connectivity index (χ2n) is 7.04. The van der Waals surface area contributed by atoms with E-state index < -0.39 is 0 Å². The first-order valence-electron chi connectivity index (χ1n) is 10.3. The van der Waals surface area contributed by atoms with E-state index in [0.29, 0.717) is 35.4 Å². The van der Waals surface area contributed by atoms with Gasteiger partial charge >= 0.3 is 0 Å². The van der Waals surface area contributed by atoms with Gasteiger partial charge in [0.25, 0.3) is 5.91 Å². The highest BCUT2D eigenvalue weighted by Gasteiger charge is 2.16. The molecule has 0 aliphatic rings. The number of hydrogen-bond donors (Lipinski definition) is 1. The van der Waals surface area contributed by atoms with Crippen molar-refractivity contribution in [1.29, 1.82) is 0 Å². The third-order valence-corrected chi connectivity index (χ3v) is 4.85. The zero-order chi connectivity index (χ0) is 23.0. The number of carbonyl (C=O) groups is 1.